The largest absolute Gasteiger partial charge is 0.304 e. The Labute approximate surface area is 111 Å². The van der Waals surface area contributed by atoms with Crippen molar-refractivity contribution in [2.75, 3.05) is 46.8 Å². The molecular formula is C14H26N4. The zero-order valence-corrected chi connectivity index (χ0v) is 11.8. The minimum Gasteiger partial charge on any atom is -0.304 e. The Balaban J connectivity index is 1.81. The number of hydrogen-bond donors (Lipinski definition) is 1. The molecule has 0 spiro atoms. The average molecular weight is 250 g/mol. The molecule has 18 heavy (non-hydrogen) atoms. The minimum absolute atomic E-state index is 0.243. The molecule has 2 unspecified atom stereocenters. The third-order valence-corrected chi connectivity index (χ3v) is 4.86. The van der Waals surface area contributed by atoms with Crippen LogP contribution in [0.3, 0.4) is 0 Å². The number of nitrogens with one attached hydrogen (secondary N) is 1. The fourth-order valence-corrected chi connectivity index (χ4v) is 3.41. The summed E-state index contributed by atoms with van der Waals surface area (Å²) in [5.74, 6) is 0.534. The quantitative estimate of drug-likeness (QED) is 0.805. The van der Waals surface area contributed by atoms with Crippen molar-refractivity contribution in [2.24, 2.45) is 5.92 Å². The SMILES string of the molecule is CNC1(C#N)CCCC1CCN1CCN(C)CC1. The highest BCUT2D eigenvalue weighted by molar-refractivity contribution is 5.13. The maximum atomic E-state index is 9.43. The van der Waals surface area contributed by atoms with Crippen LogP contribution in [0, 0.1) is 17.2 Å². The predicted octanol–water partition coefficient (Wildman–Crippen LogP) is 0.906. The van der Waals surface area contributed by atoms with Crippen molar-refractivity contribution in [1.29, 1.82) is 5.26 Å². The second kappa shape index (κ2) is 6.01. The van der Waals surface area contributed by atoms with E-state index in [1.165, 1.54) is 39.0 Å². The topological polar surface area (TPSA) is 42.3 Å². The van der Waals surface area contributed by atoms with Crippen molar-refractivity contribution in [3.63, 3.8) is 0 Å². The summed E-state index contributed by atoms with van der Waals surface area (Å²) in [6.45, 7) is 5.88. The molecule has 2 fully saturated rings. The van der Waals surface area contributed by atoms with E-state index in [-0.39, 0.29) is 5.54 Å². The summed E-state index contributed by atoms with van der Waals surface area (Å²) in [5, 5.41) is 12.7. The van der Waals surface area contributed by atoms with E-state index in [9.17, 15) is 5.26 Å². The number of likely N-dealkylation sites (N-methyl/N-ethyl adjacent to an activating group) is 1. The van der Waals surface area contributed by atoms with Gasteiger partial charge in [0.1, 0.15) is 5.54 Å². The summed E-state index contributed by atoms with van der Waals surface area (Å²) in [6, 6.07) is 2.53. The fourth-order valence-electron chi connectivity index (χ4n) is 3.41. The first-order valence-corrected chi connectivity index (χ1v) is 7.21. The molecule has 0 radical (unpaired) electrons. The summed E-state index contributed by atoms with van der Waals surface area (Å²) < 4.78 is 0. The summed E-state index contributed by atoms with van der Waals surface area (Å²) >= 11 is 0. The van der Waals surface area contributed by atoms with Crippen LogP contribution in [0.5, 0.6) is 0 Å². The molecule has 0 aromatic rings. The van der Waals surface area contributed by atoms with Crippen LogP contribution in [-0.2, 0) is 0 Å². The molecule has 1 N–H and O–H groups in total. The first-order valence-electron chi connectivity index (χ1n) is 7.21. The average Bonchev–Trinajstić information content (AvgIpc) is 2.81. The minimum atomic E-state index is -0.243. The standard InChI is InChI=1S/C14H26N4/c1-16-14(12-15)6-3-4-13(14)5-7-18-10-8-17(2)9-11-18/h13,16H,3-11H2,1-2H3. The Morgan fingerprint density at radius 1 is 1.33 bits per heavy atom. The van der Waals surface area contributed by atoms with Gasteiger partial charge in [0.05, 0.1) is 6.07 Å². The van der Waals surface area contributed by atoms with Gasteiger partial charge in [0.25, 0.3) is 0 Å². The summed E-state index contributed by atoms with van der Waals surface area (Å²) in [5.41, 5.74) is -0.243. The van der Waals surface area contributed by atoms with Crippen LogP contribution in [0.25, 0.3) is 0 Å². The molecule has 2 aliphatic rings. The number of nitrogens with zero attached hydrogens (tertiary/aromatic N) is 3. The highest BCUT2D eigenvalue weighted by Crippen LogP contribution is 2.37. The van der Waals surface area contributed by atoms with E-state index in [0.717, 1.165) is 19.4 Å². The van der Waals surface area contributed by atoms with Crippen LogP contribution in [0.1, 0.15) is 25.7 Å². The molecular weight excluding hydrogens is 224 g/mol. The Hall–Kier alpha value is -0.630. The van der Waals surface area contributed by atoms with E-state index in [1.807, 2.05) is 7.05 Å². The van der Waals surface area contributed by atoms with Crippen LogP contribution in [0.2, 0.25) is 0 Å². The second-order valence-electron chi connectivity index (χ2n) is 5.86. The van der Waals surface area contributed by atoms with E-state index in [4.69, 9.17) is 0 Å². The molecule has 1 saturated carbocycles. The third-order valence-electron chi connectivity index (χ3n) is 4.86. The zero-order valence-electron chi connectivity index (χ0n) is 11.8. The Morgan fingerprint density at radius 2 is 2.06 bits per heavy atom. The van der Waals surface area contributed by atoms with E-state index in [0.29, 0.717) is 5.92 Å². The molecule has 1 saturated heterocycles. The van der Waals surface area contributed by atoms with Gasteiger partial charge < -0.3 is 15.1 Å². The number of nitriles is 1. The van der Waals surface area contributed by atoms with Gasteiger partial charge in [0.15, 0.2) is 0 Å². The molecule has 4 heteroatoms. The van der Waals surface area contributed by atoms with E-state index >= 15 is 0 Å². The van der Waals surface area contributed by atoms with E-state index < -0.39 is 0 Å². The molecule has 4 nitrogen and oxygen atoms in total. The van der Waals surface area contributed by atoms with Gasteiger partial charge in [0.2, 0.25) is 0 Å². The predicted molar refractivity (Wildman–Crippen MR) is 73.3 cm³/mol. The molecule has 0 aromatic carbocycles. The second-order valence-corrected chi connectivity index (χ2v) is 5.86. The van der Waals surface area contributed by atoms with Gasteiger partial charge >= 0.3 is 0 Å². The third kappa shape index (κ3) is 2.85. The molecule has 2 atom stereocenters. The van der Waals surface area contributed by atoms with Gasteiger partial charge in [-0.05, 0) is 45.8 Å². The lowest BCUT2D eigenvalue weighted by Crippen LogP contribution is -2.48. The maximum absolute atomic E-state index is 9.43. The molecule has 0 amide bonds. The molecule has 2 rings (SSSR count). The molecule has 102 valence electrons. The van der Waals surface area contributed by atoms with Gasteiger partial charge in [-0.1, -0.05) is 6.42 Å². The van der Waals surface area contributed by atoms with Crippen LogP contribution >= 0.6 is 0 Å². The van der Waals surface area contributed by atoms with Gasteiger partial charge in [-0.3, -0.25) is 0 Å². The number of rotatable bonds is 4. The number of hydrogen-bond acceptors (Lipinski definition) is 4. The normalized spacial score (nSPS) is 34.6. The zero-order chi connectivity index (χ0) is 13.0. The van der Waals surface area contributed by atoms with Crippen molar-refractivity contribution in [2.45, 2.75) is 31.2 Å². The highest BCUT2D eigenvalue weighted by Gasteiger charge is 2.41. The molecule has 0 bridgehead atoms. The summed E-state index contributed by atoms with van der Waals surface area (Å²) in [6.07, 6.45) is 4.59. The lowest BCUT2D eigenvalue weighted by atomic mass is 9.86. The van der Waals surface area contributed by atoms with Crippen molar-refractivity contribution in [3.8, 4) is 6.07 Å². The molecule has 0 aromatic heterocycles. The van der Waals surface area contributed by atoms with Gasteiger partial charge in [0, 0.05) is 26.2 Å². The first-order chi connectivity index (χ1) is 8.70. The first kappa shape index (κ1) is 13.8. The van der Waals surface area contributed by atoms with Gasteiger partial charge in [-0.15, -0.1) is 0 Å². The van der Waals surface area contributed by atoms with Crippen LogP contribution in [-0.4, -0.2) is 62.2 Å². The van der Waals surface area contributed by atoms with Crippen molar-refractivity contribution < 1.29 is 0 Å². The van der Waals surface area contributed by atoms with Crippen LogP contribution in [0.4, 0.5) is 0 Å². The molecule has 1 aliphatic heterocycles. The maximum Gasteiger partial charge on any atom is 0.109 e. The Morgan fingerprint density at radius 3 is 2.67 bits per heavy atom. The molecule has 1 aliphatic carbocycles. The van der Waals surface area contributed by atoms with E-state index in [1.54, 1.807) is 0 Å². The van der Waals surface area contributed by atoms with Crippen molar-refractivity contribution in [1.82, 2.24) is 15.1 Å². The van der Waals surface area contributed by atoms with Crippen LogP contribution < -0.4 is 5.32 Å². The monoisotopic (exact) mass is 250 g/mol. The van der Waals surface area contributed by atoms with Gasteiger partial charge in [-0.2, -0.15) is 5.26 Å². The van der Waals surface area contributed by atoms with Gasteiger partial charge in [-0.25, -0.2) is 0 Å². The summed E-state index contributed by atoms with van der Waals surface area (Å²) in [4.78, 5) is 4.94. The molecule has 1 heterocycles. The lowest BCUT2D eigenvalue weighted by molar-refractivity contribution is 0.141. The highest BCUT2D eigenvalue weighted by atomic mass is 15.2. The number of piperazine rings is 1. The van der Waals surface area contributed by atoms with Crippen molar-refractivity contribution >= 4 is 0 Å². The lowest BCUT2D eigenvalue weighted by Gasteiger charge is -2.34. The van der Waals surface area contributed by atoms with E-state index in [2.05, 4.69) is 28.2 Å². The fraction of sp³-hybridized carbons (Fsp3) is 0.929. The Bertz CT molecular complexity index is 303. The van der Waals surface area contributed by atoms with Crippen LogP contribution in [0.15, 0.2) is 0 Å². The summed E-state index contributed by atoms with van der Waals surface area (Å²) in [7, 11) is 4.13. The smallest absolute Gasteiger partial charge is 0.109 e. The van der Waals surface area contributed by atoms with Crippen molar-refractivity contribution in [3.05, 3.63) is 0 Å². The Kier molecular flexibility index (Phi) is 4.60.